The highest BCUT2D eigenvalue weighted by Crippen LogP contribution is 2.34. The number of ether oxygens (including phenoxy) is 2. The summed E-state index contributed by atoms with van der Waals surface area (Å²) in [4.78, 5) is 29.4. The first kappa shape index (κ1) is 22.1. The van der Waals surface area contributed by atoms with Gasteiger partial charge in [0.1, 0.15) is 6.61 Å². The number of imidazole rings is 1. The zero-order chi connectivity index (χ0) is 23.8. The number of aromatic carboxylic acids is 1. The normalized spacial score (nSPS) is 11.9. The number of thiazole rings is 1. The van der Waals surface area contributed by atoms with Crippen LogP contribution in [0, 0.1) is 0 Å². The van der Waals surface area contributed by atoms with Gasteiger partial charge in [0.15, 0.2) is 16.5 Å². The van der Waals surface area contributed by atoms with E-state index in [0.29, 0.717) is 21.0 Å². The number of methoxy groups -OCH3 is 1. The van der Waals surface area contributed by atoms with Gasteiger partial charge in [0.2, 0.25) is 0 Å². The van der Waals surface area contributed by atoms with E-state index in [1.807, 2.05) is 24.3 Å². The van der Waals surface area contributed by atoms with E-state index in [0.717, 1.165) is 26.6 Å². The molecule has 0 aliphatic heterocycles. The van der Waals surface area contributed by atoms with Crippen molar-refractivity contribution in [3.05, 3.63) is 96.7 Å². The number of rotatable bonds is 6. The van der Waals surface area contributed by atoms with Gasteiger partial charge < -0.3 is 14.6 Å². The highest BCUT2D eigenvalue weighted by Gasteiger charge is 2.13. The number of benzene rings is 3. The molecule has 0 saturated carbocycles. The molecule has 0 radical (unpaired) electrons. The van der Waals surface area contributed by atoms with Crippen LogP contribution in [0.3, 0.4) is 0 Å². The van der Waals surface area contributed by atoms with E-state index < -0.39 is 5.97 Å². The second kappa shape index (κ2) is 8.92. The van der Waals surface area contributed by atoms with Crippen LogP contribution >= 0.6 is 27.3 Å². The Morgan fingerprint density at radius 2 is 1.97 bits per heavy atom. The number of carboxylic acids is 1. The van der Waals surface area contributed by atoms with Gasteiger partial charge in [-0.1, -0.05) is 51.5 Å². The lowest BCUT2D eigenvalue weighted by Gasteiger charge is -2.13. The Kier molecular flexibility index (Phi) is 5.80. The minimum atomic E-state index is -0.992. The molecule has 9 heteroatoms. The molecule has 0 spiro atoms. The third-order valence-corrected chi connectivity index (χ3v) is 6.94. The van der Waals surface area contributed by atoms with E-state index in [9.17, 15) is 14.7 Å². The van der Waals surface area contributed by atoms with E-state index in [1.54, 1.807) is 40.8 Å². The Labute approximate surface area is 205 Å². The minimum absolute atomic E-state index is 0.127. The van der Waals surface area contributed by atoms with Crippen molar-refractivity contribution in [2.45, 2.75) is 6.61 Å². The molecule has 7 nitrogen and oxygen atoms in total. The van der Waals surface area contributed by atoms with Crippen molar-refractivity contribution in [2.24, 2.45) is 0 Å². The number of fused-ring (bicyclic) bond motifs is 3. The predicted octanol–water partition coefficient (Wildman–Crippen LogP) is 4.51. The Hall–Kier alpha value is -3.69. The zero-order valence-electron chi connectivity index (χ0n) is 17.8. The van der Waals surface area contributed by atoms with Gasteiger partial charge >= 0.3 is 5.97 Å². The third-order valence-electron chi connectivity index (χ3n) is 5.28. The van der Waals surface area contributed by atoms with Crippen LogP contribution in [0.4, 0.5) is 0 Å². The third kappa shape index (κ3) is 4.04. The number of carboxylic acid groups (broad SMARTS) is 1. The lowest BCUT2D eigenvalue weighted by molar-refractivity contribution is 0.0696. The second-order valence-corrected chi connectivity index (χ2v) is 9.32. The first-order valence-electron chi connectivity index (χ1n) is 10.2. The van der Waals surface area contributed by atoms with Crippen molar-refractivity contribution in [2.75, 3.05) is 7.11 Å². The molecule has 2 aromatic heterocycles. The van der Waals surface area contributed by atoms with Crippen molar-refractivity contribution < 1.29 is 19.4 Å². The molecule has 5 aromatic rings. The number of halogens is 1. The fraction of sp³-hybridized carbons (Fsp3) is 0.0800. The lowest BCUT2D eigenvalue weighted by Crippen LogP contribution is -2.22. The molecule has 34 heavy (non-hydrogen) atoms. The average Bonchev–Trinajstić information content (AvgIpc) is 3.35. The maximum absolute atomic E-state index is 13.1. The maximum atomic E-state index is 13.1. The van der Waals surface area contributed by atoms with Gasteiger partial charge in [-0.25, -0.2) is 14.2 Å². The van der Waals surface area contributed by atoms with Crippen LogP contribution in [0.15, 0.2) is 69.9 Å². The van der Waals surface area contributed by atoms with Gasteiger partial charge in [-0.15, -0.1) is 0 Å². The van der Waals surface area contributed by atoms with Crippen molar-refractivity contribution >= 4 is 55.3 Å². The number of hydrogen-bond donors (Lipinski definition) is 1. The number of nitrogens with zero attached hydrogens (tertiary/aromatic N) is 2. The SMILES string of the molecule is COc1cc(/C=c2\sc3nc4ccccc4n3c2=O)c(Br)cc1OCc1cccc(C(=O)O)c1. The summed E-state index contributed by atoms with van der Waals surface area (Å²) < 4.78 is 14.3. The van der Waals surface area contributed by atoms with E-state index in [2.05, 4.69) is 20.9 Å². The quantitative estimate of drug-likeness (QED) is 0.343. The standard InChI is InChI=1S/C25H17BrN2O5S/c1-32-20-10-16(11-22-23(29)28-19-8-3-2-7-18(19)27-25(28)34-22)17(26)12-21(20)33-13-14-5-4-6-15(9-14)24(30)31/h2-12H,13H2,1H3,(H,30,31)/b22-11-. The van der Waals surface area contributed by atoms with Gasteiger partial charge in [-0.05, 0) is 53.6 Å². The monoisotopic (exact) mass is 536 g/mol. The summed E-state index contributed by atoms with van der Waals surface area (Å²) in [5, 5.41) is 9.17. The zero-order valence-corrected chi connectivity index (χ0v) is 20.2. The van der Waals surface area contributed by atoms with Gasteiger partial charge in [0, 0.05) is 4.47 Å². The highest BCUT2D eigenvalue weighted by molar-refractivity contribution is 9.10. The first-order chi connectivity index (χ1) is 16.4. The Balaban J connectivity index is 1.49. The minimum Gasteiger partial charge on any atom is -0.493 e. The van der Waals surface area contributed by atoms with Gasteiger partial charge in [0.25, 0.3) is 5.56 Å². The largest absolute Gasteiger partial charge is 0.493 e. The summed E-state index contributed by atoms with van der Waals surface area (Å²) in [7, 11) is 1.54. The van der Waals surface area contributed by atoms with Gasteiger partial charge in [0.05, 0.1) is 28.2 Å². The van der Waals surface area contributed by atoms with Crippen LogP contribution in [0.2, 0.25) is 0 Å². The molecule has 3 aromatic carbocycles. The van der Waals surface area contributed by atoms with E-state index in [1.165, 1.54) is 24.5 Å². The summed E-state index contributed by atoms with van der Waals surface area (Å²) in [5.41, 5.74) is 3.11. The Bertz CT molecular complexity index is 1670. The average molecular weight is 537 g/mol. The first-order valence-corrected chi connectivity index (χ1v) is 11.8. The van der Waals surface area contributed by atoms with E-state index in [-0.39, 0.29) is 17.7 Å². The molecule has 0 atom stereocenters. The van der Waals surface area contributed by atoms with Crippen molar-refractivity contribution in [3.8, 4) is 11.5 Å². The van der Waals surface area contributed by atoms with Crippen LogP contribution in [0.25, 0.3) is 22.1 Å². The Morgan fingerprint density at radius 3 is 2.76 bits per heavy atom. The van der Waals surface area contributed by atoms with Crippen molar-refractivity contribution in [3.63, 3.8) is 0 Å². The fourth-order valence-corrected chi connectivity index (χ4v) is 5.06. The molecule has 1 N–H and O–H groups in total. The number of para-hydroxylation sites is 2. The summed E-state index contributed by atoms with van der Waals surface area (Å²) >= 11 is 4.88. The van der Waals surface area contributed by atoms with Crippen LogP contribution < -0.4 is 19.6 Å². The molecule has 170 valence electrons. The molecule has 0 amide bonds. The van der Waals surface area contributed by atoms with Crippen LogP contribution in [0.1, 0.15) is 21.5 Å². The molecule has 0 saturated heterocycles. The highest BCUT2D eigenvalue weighted by atomic mass is 79.9. The van der Waals surface area contributed by atoms with Crippen LogP contribution in [-0.4, -0.2) is 27.6 Å². The van der Waals surface area contributed by atoms with Crippen LogP contribution in [-0.2, 0) is 6.61 Å². The summed E-state index contributed by atoms with van der Waals surface area (Å²) in [6.45, 7) is 0.173. The lowest BCUT2D eigenvalue weighted by atomic mass is 10.1. The number of carbonyl (C=O) groups is 1. The Morgan fingerprint density at radius 1 is 1.15 bits per heavy atom. The molecule has 0 fully saturated rings. The second-order valence-electron chi connectivity index (χ2n) is 7.45. The van der Waals surface area contributed by atoms with E-state index in [4.69, 9.17) is 9.47 Å². The molecular weight excluding hydrogens is 520 g/mol. The number of hydrogen-bond acceptors (Lipinski definition) is 6. The molecule has 0 aliphatic carbocycles. The maximum Gasteiger partial charge on any atom is 0.335 e. The molecule has 5 rings (SSSR count). The molecule has 2 heterocycles. The summed E-state index contributed by atoms with van der Waals surface area (Å²) in [6.07, 6.45) is 1.79. The molecule has 0 aliphatic rings. The fourth-order valence-electron chi connectivity index (χ4n) is 3.64. The molecule has 0 unspecified atom stereocenters. The number of aromatic nitrogens is 2. The molecular formula is C25H17BrN2O5S. The molecule has 0 bridgehead atoms. The summed E-state index contributed by atoms with van der Waals surface area (Å²) in [6, 6.07) is 17.7. The van der Waals surface area contributed by atoms with Crippen molar-refractivity contribution in [1.29, 1.82) is 0 Å². The van der Waals surface area contributed by atoms with E-state index >= 15 is 0 Å². The van der Waals surface area contributed by atoms with Gasteiger partial charge in [-0.3, -0.25) is 4.79 Å². The van der Waals surface area contributed by atoms with Gasteiger partial charge in [-0.2, -0.15) is 0 Å². The predicted molar refractivity (Wildman–Crippen MR) is 134 cm³/mol. The smallest absolute Gasteiger partial charge is 0.335 e. The topological polar surface area (TPSA) is 90.1 Å². The van der Waals surface area contributed by atoms with Crippen LogP contribution in [0.5, 0.6) is 11.5 Å². The van der Waals surface area contributed by atoms with Crippen molar-refractivity contribution in [1.82, 2.24) is 9.38 Å². The summed E-state index contributed by atoms with van der Waals surface area (Å²) in [5.74, 6) is -0.0153.